The van der Waals surface area contributed by atoms with Gasteiger partial charge in [-0.05, 0) is 18.2 Å². The summed E-state index contributed by atoms with van der Waals surface area (Å²) in [6.45, 7) is 0. The zero-order chi connectivity index (χ0) is 14.2. The molecule has 0 saturated heterocycles. The van der Waals surface area contributed by atoms with Gasteiger partial charge in [-0.1, -0.05) is 36.4 Å². The lowest BCUT2D eigenvalue weighted by Crippen LogP contribution is -2.38. The Balaban J connectivity index is 1.83. The fraction of sp³-hybridized carbons (Fsp3) is 0.0588. The molecule has 1 aliphatic rings. The number of fused-ring (bicyclic) bond motifs is 2. The van der Waals surface area contributed by atoms with Crippen LogP contribution in [0.2, 0.25) is 0 Å². The lowest BCUT2D eigenvalue weighted by molar-refractivity contribution is 0.0936. The average Bonchev–Trinajstić information content (AvgIpc) is 2.54. The zero-order valence-electron chi connectivity index (χ0n) is 11.2. The van der Waals surface area contributed by atoms with E-state index >= 15 is 0 Å². The summed E-state index contributed by atoms with van der Waals surface area (Å²) in [6, 6.07) is 17.4. The van der Waals surface area contributed by atoms with Gasteiger partial charge in [0.2, 0.25) is 0 Å². The second-order valence-electron chi connectivity index (χ2n) is 5.02. The van der Waals surface area contributed by atoms with Crippen molar-refractivity contribution in [1.29, 1.82) is 0 Å². The Morgan fingerprint density at radius 2 is 1.76 bits per heavy atom. The van der Waals surface area contributed by atoms with Crippen LogP contribution in [0.5, 0.6) is 0 Å². The fourth-order valence-electron chi connectivity index (χ4n) is 2.72. The lowest BCUT2D eigenvalue weighted by Gasteiger charge is -2.28. The van der Waals surface area contributed by atoms with Gasteiger partial charge in [-0.3, -0.25) is 9.78 Å². The van der Waals surface area contributed by atoms with Crippen LogP contribution in [0, 0.1) is 0 Å². The van der Waals surface area contributed by atoms with Gasteiger partial charge >= 0.3 is 0 Å². The molecule has 1 unspecified atom stereocenters. The number of para-hydroxylation sites is 2. The number of carbonyl (C=O) groups is 1. The molecule has 1 atom stereocenters. The summed E-state index contributed by atoms with van der Waals surface area (Å²) in [6.07, 6.45) is 1.50. The second-order valence-corrected chi connectivity index (χ2v) is 5.02. The molecule has 0 saturated carbocycles. The lowest BCUT2D eigenvalue weighted by atomic mass is 10.0. The minimum Gasteiger partial charge on any atom is -0.361 e. The molecular formula is C17H13N3O. The molecule has 3 aromatic rings. The SMILES string of the molecule is O=C1NC(c2cccc3cccnc23)Nc2ccccc21. The van der Waals surface area contributed by atoms with E-state index in [0.29, 0.717) is 5.56 Å². The van der Waals surface area contributed by atoms with Gasteiger partial charge in [-0.25, -0.2) is 0 Å². The smallest absolute Gasteiger partial charge is 0.255 e. The predicted octanol–water partition coefficient (Wildman–Crippen LogP) is 3.09. The van der Waals surface area contributed by atoms with E-state index in [1.165, 1.54) is 0 Å². The topological polar surface area (TPSA) is 54.0 Å². The molecule has 1 aliphatic heterocycles. The maximum absolute atomic E-state index is 12.2. The number of aromatic nitrogens is 1. The van der Waals surface area contributed by atoms with Gasteiger partial charge in [-0.2, -0.15) is 0 Å². The summed E-state index contributed by atoms with van der Waals surface area (Å²) >= 11 is 0. The van der Waals surface area contributed by atoms with Crippen LogP contribution in [0.3, 0.4) is 0 Å². The largest absolute Gasteiger partial charge is 0.361 e. The minimum absolute atomic E-state index is 0.0673. The number of carbonyl (C=O) groups excluding carboxylic acids is 1. The standard InChI is InChI=1S/C17H13N3O/c21-17-12-7-1-2-9-14(12)19-16(20-17)13-8-3-5-11-6-4-10-18-15(11)13/h1-10,16,19H,(H,20,21). The van der Waals surface area contributed by atoms with Gasteiger partial charge in [0, 0.05) is 22.8 Å². The van der Waals surface area contributed by atoms with Crippen molar-refractivity contribution in [3.8, 4) is 0 Å². The first-order valence-electron chi connectivity index (χ1n) is 6.83. The second kappa shape index (κ2) is 4.59. The Labute approximate surface area is 121 Å². The third-order valence-corrected chi connectivity index (χ3v) is 3.72. The summed E-state index contributed by atoms with van der Waals surface area (Å²) in [5.41, 5.74) is 3.38. The number of hydrogen-bond donors (Lipinski definition) is 2. The Morgan fingerprint density at radius 3 is 2.71 bits per heavy atom. The quantitative estimate of drug-likeness (QED) is 0.717. The molecule has 4 rings (SSSR count). The van der Waals surface area contributed by atoms with Crippen molar-refractivity contribution in [1.82, 2.24) is 10.3 Å². The van der Waals surface area contributed by atoms with Crippen LogP contribution in [0.4, 0.5) is 5.69 Å². The van der Waals surface area contributed by atoms with Crippen molar-refractivity contribution >= 4 is 22.5 Å². The molecule has 2 N–H and O–H groups in total. The van der Waals surface area contributed by atoms with Crippen molar-refractivity contribution in [2.24, 2.45) is 0 Å². The molecule has 102 valence electrons. The Hall–Kier alpha value is -2.88. The number of benzene rings is 2. The highest BCUT2D eigenvalue weighted by Crippen LogP contribution is 2.29. The van der Waals surface area contributed by atoms with E-state index in [1.54, 1.807) is 6.20 Å². The van der Waals surface area contributed by atoms with Crippen LogP contribution in [0.15, 0.2) is 60.8 Å². The van der Waals surface area contributed by atoms with Crippen LogP contribution in [-0.2, 0) is 0 Å². The number of anilines is 1. The zero-order valence-corrected chi connectivity index (χ0v) is 11.2. The molecule has 0 radical (unpaired) electrons. The Morgan fingerprint density at radius 1 is 0.905 bits per heavy atom. The maximum atomic E-state index is 12.2. The highest BCUT2D eigenvalue weighted by atomic mass is 16.2. The summed E-state index contributed by atoms with van der Waals surface area (Å²) in [4.78, 5) is 16.7. The van der Waals surface area contributed by atoms with Crippen molar-refractivity contribution in [3.05, 3.63) is 71.9 Å². The van der Waals surface area contributed by atoms with E-state index in [1.807, 2.05) is 54.6 Å². The van der Waals surface area contributed by atoms with E-state index in [2.05, 4.69) is 15.6 Å². The molecule has 2 aromatic carbocycles. The van der Waals surface area contributed by atoms with E-state index in [-0.39, 0.29) is 12.1 Å². The molecular weight excluding hydrogens is 262 g/mol. The molecule has 2 heterocycles. The summed E-state index contributed by atoms with van der Waals surface area (Å²) in [5, 5.41) is 7.41. The van der Waals surface area contributed by atoms with E-state index in [9.17, 15) is 4.79 Å². The first-order chi connectivity index (χ1) is 10.3. The van der Waals surface area contributed by atoms with Crippen LogP contribution >= 0.6 is 0 Å². The summed E-state index contributed by atoms with van der Waals surface area (Å²) < 4.78 is 0. The number of rotatable bonds is 1. The molecule has 0 bridgehead atoms. The third-order valence-electron chi connectivity index (χ3n) is 3.72. The predicted molar refractivity (Wildman–Crippen MR) is 82.0 cm³/mol. The Kier molecular flexibility index (Phi) is 2.60. The molecule has 1 amide bonds. The van der Waals surface area contributed by atoms with Gasteiger partial charge in [0.1, 0.15) is 6.17 Å². The first-order valence-corrected chi connectivity index (χ1v) is 6.83. The number of nitrogens with one attached hydrogen (secondary N) is 2. The van der Waals surface area contributed by atoms with Gasteiger partial charge in [0.05, 0.1) is 11.1 Å². The van der Waals surface area contributed by atoms with Crippen LogP contribution in [0.1, 0.15) is 22.1 Å². The fourth-order valence-corrected chi connectivity index (χ4v) is 2.72. The van der Waals surface area contributed by atoms with Crippen LogP contribution in [0.25, 0.3) is 10.9 Å². The average molecular weight is 275 g/mol. The van der Waals surface area contributed by atoms with Crippen molar-refractivity contribution < 1.29 is 4.79 Å². The van der Waals surface area contributed by atoms with Gasteiger partial charge in [0.15, 0.2) is 0 Å². The molecule has 1 aromatic heterocycles. The minimum atomic E-state index is -0.272. The summed E-state index contributed by atoms with van der Waals surface area (Å²) in [7, 11) is 0. The molecule has 21 heavy (non-hydrogen) atoms. The normalized spacial score (nSPS) is 17.0. The highest BCUT2D eigenvalue weighted by Gasteiger charge is 2.25. The monoisotopic (exact) mass is 275 g/mol. The van der Waals surface area contributed by atoms with E-state index in [4.69, 9.17) is 0 Å². The van der Waals surface area contributed by atoms with Crippen LogP contribution < -0.4 is 10.6 Å². The van der Waals surface area contributed by atoms with Gasteiger partial charge in [-0.15, -0.1) is 0 Å². The number of hydrogen-bond acceptors (Lipinski definition) is 3. The molecule has 0 aliphatic carbocycles. The molecule has 0 fully saturated rings. The Bertz CT molecular complexity index is 839. The van der Waals surface area contributed by atoms with Crippen molar-refractivity contribution in [2.45, 2.75) is 6.17 Å². The number of pyridine rings is 1. The number of amides is 1. The maximum Gasteiger partial charge on any atom is 0.255 e. The summed E-state index contributed by atoms with van der Waals surface area (Å²) in [5.74, 6) is -0.0673. The van der Waals surface area contributed by atoms with Gasteiger partial charge < -0.3 is 10.6 Å². The van der Waals surface area contributed by atoms with Crippen molar-refractivity contribution in [3.63, 3.8) is 0 Å². The number of nitrogens with zero attached hydrogens (tertiary/aromatic N) is 1. The van der Waals surface area contributed by atoms with E-state index in [0.717, 1.165) is 22.2 Å². The molecule has 4 nitrogen and oxygen atoms in total. The van der Waals surface area contributed by atoms with E-state index < -0.39 is 0 Å². The molecule has 0 spiro atoms. The highest BCUT2D eigenvalue weighted by molar-refractivity contribution is 6.02. The van der Waals surface area contributed by atoms with Crippen molar-refractivity contribution in [2.75, 3.05) is 5.32 Å². The van der Waals surface area contributed by atoms with Gasteiger partial charge in [0.25, 0.3) is 5.91 Å². The first kappa shape index (κ1) is 11.9. The van der Waals surface area contributed by atoms with Crippen LogP contribution in [-0.4, -0.2) is 10.9 Å². The third kappa shape index (κ3) is 1.92. The molecule has 4 heteroatoms.